The lowest BCUT2D eigenvalue weighted by Gasteiger charge is -2.26. The van der Waals surface area contributed by atoms with Gasteiger partial charge in [0.2, 0.25) is 0 Å². The van der Waals surface area contributed by atoms with Crippen LogP contribution < -0.4 is 5.32 Å². The molecule has 8 heteroatoms. The molecule has 0 unspecified atom stereocenters. The highest BCUT2D eigenvalue weighted by atomic mass is 19.1. The summed E-state index contributed by atoms with van der Waals surface area (Å²) in [5.74, 6) is -1.73. The van der Waals surface area contributed by atoms with Crippen LogP contribution in [0.3, 0.4) is 0 Å². The van der Waals surface area contributed by atoms with E-state index < -0.39 is 11.6 Å². The maximum atomic E-state index is 14.4. The van der Waals surface area contributed by atoms with E-state index in [1.165, 1.54) is 18.2 Å². The first-order valence-corrected chi connectivity index (χ1v) is 10.7. The van der Waals surface area contributed by atoms with Crippen molar-refractivity contribution in [3.05, 3.63) is 88.1 Å². The Hall–Kier alpha value is -3.65. The smallest absolute Gasteiger partial charge is 0.254 e. The molecule has 0 radical (unpaired) electrons. The van der Waals surface area contributed by atoms with E-state index in [0.717, 1.165) is 5.56 Å². The summed E-state index contributed by atoms with van der Waals surface area (Å²) < 4.78 is 34.1. The molecular formula is C25H21F2N3O3. The van der Waals surface area contributed by atoms with Gasteiger partial charge in [-0.25, -0.2) is 13.8 Å². The molecule has 1 fully saturated rings. The molecule has 0 spiro atoms. The van der Waals surface area contributed by atoms with E-state index in [4.69, 9.17) is 4.74 Å². The fraction of sp³-hybridized carbons (Fsp3) is 0.240. The van der Waals surface area contributed by atoms with Crippen molar-refractivity contribution in [2.45, 2.75) is 13.0 Å². The van der Waals surface area contributed by atoms with E-state index in [2.05, 4.69) is 10.3 Å². The van der Waals surface area contributed by atoms with Gasteiger partial charge in [-0.1, -0.05) is 18.2 Å². The summed E-state index contributed by atoms with van der Waals surface area (Å²) in [6.07, 6.45) is 0.355. The van der Waals surface area contributed by atoms with Gasteiger partial charge in [-0.15, -0.1) is 0 Å². The number of nitrogens with one attached hydrogen (secondary N) is 1. The number of morpholine rings is 1. The van der Waals surface area contributed by atoms with Gasteiger partial charge < -0.3 is 15.0 Å². The van der Waals surface area contributed by atoms with Crippen LogP contribution in [0.15, 0.2) is 48.5 Å². The number of nitrogens with zero attached hydrogens (tertiary/aromatic N) is 2. The van der Waals surface area contributed by atoms with Gasteiger partial charge in [0.05, 0.1) is 42.3 Å². The van der Waals surface area contributed by atoms with E-state index in [1.807, 2.05) is 12.1 Å². The number of pyridine rings is 1. The number of hydrogen-bond acceptors (Lipinski definition) is 4. The first-order chi connectivity index (χ1) is 16.0. The van der Waals surface area contributed by atoms with Crippen molar-refractivity contribution in [3.63, 3.8) is 0 Å². The van der Waals surface area contributed by atoms with E-state index in [9.17, 15) is 18.4 Å². The average Bonchev–Trinajstić information content (AvgIpc) is 3.20. The molecule has 2 aromatic carbocycles. The second-order valence-corrected chi connectivity index (χ2v) is 8.05. The lowest BCUT2D eigenvalue weighted by Crippen LogP contribution is -2.40. The Balaban J connectivity index is 1.46. The lowest BCUT2D eigenvalue weighted by atomic mass is 9.96. The molecule has 0 saturated carbocycles. The molecule has 3 heterocycles. The van der Waals surface area contributed by atoms with Crippen molar-refractivity contribution in [2.75, 3.05) is 26.3 Å². The summed E-state index contributed by atoms with van der Waals surface area (Å²) in [4.78, 5) is 31.2. The third kappa shape index (κ3) is 4.09. The van der Waals surface area contributed by atoms with Crippen molar-refractivity contribution in [1.29, 1.82) is 0 Å². The summed E-state index contributed by atoms with van der Waals surface area (Å²) in [6, 6.07) is 12.4. The zero-order chi connectivity index (χ0) is 22.9. The fourth-order valence-corrected chi connectivity index (χ4v) is 4.26. The van der Waals surface area contributed by atoms with Gasteiger partial charge in [0.15, 0.2) is 0 Å². The minimum atomic E-state index is -0.711. The third-order valence-electron chi connectivity index (χ3n) is 5.93. The number of carbonyl (C=O) groups excluding carboxylic acids is 2. The van der Waals surface area contributed by atoms with E-state index in [0.29, 0.717) is 55.1 Å². The molecule has 3 aromatic rings. The predicted molar refractivity (Wildman–Crippen MR) is 117 cm³/mol. The number of benzene rings is 2. The van der Waals surface area contributed by atoms with Crippen LogP contribution in [0.1, 0.15) is 37.5 Å². The van der Waals surface area contributed by atoms with Crippen molar-refractivity contribution in [2.24, 2.45) is 0 Å². The number of aromatic nitrogens is 1. The number of ether oxygens (including phenoxy) is 1. The largest absolute Gasteiger partial charge is 0.378 e. The van der Waals surface area contributed by atoms with Gasteiger partial charge in [0, 0.05) is 18.7 Å². The normalized spacial score (nSPS) is 15.3. The molecule has 6 nitrogen and oxygen atoms in total. The van der Waals surface area contributed by atoms with Crippen LogP contribution in [0.5, 0.6) is 0 Å². The standard InChI is InChI=1S/C25H21F2N3O3/c26-18-2-1-3-19(27)23(18)20-13-17(22-21(29-20)14-28-24(22)31)12-15-4-6-16(7-5-15)25(32)30-8-10-33-11-9-30/h1-7,13H,8-12,14H2,(H,28,31). The molecule has 0 atom stereocenters. The summed E-state index contributed by atoms with van der Waals surface area (Å²) in [6.45, 7) is 2.40. The van der Waals surface area contributed by atoms with E-state index in [1.54, 1.807) is 23.1 Å². The Kier molecular flexibility index (Phi) is 5.60. The Labute approximate surface area is 189 Å². The van der Waals surface area contributed by atoms with E-state index in [-0.39, 0.29) is 29.6 Å². The lowest BCUT2D eigenvalue weighted by molar-refractivity contribution is 0.0303. The second-order valence-electron chi connectivity index (χ2n) is 8.05. The molecule has 2 amide bonds. The summed E-state index contributed by atoms with van der Waals surface area (Å²) in [5.41, 5.74) is 2.90. The Bertz CT molecular complexity index is 1220. The molecule has 2 aliphatic heterocycles. The molecule has 0 bridgehead atoms. The third-order valence-corrected chi connectivity index (χ3v) is 5.93. The Morgan fingerprint density at radius 2 is 1.73 bits per heavy atom. The minimum absolute atomic E-state index is 0.0497. The second kappa shape index (κ2) is 8.71. The van der Waals surface area contributed by atoms with Crippen LogP contribution in [-0.4, -0.2) is 48.0 Å². The number of halogens is 2. The number of carbonyl (C=O) groups is 2. The SMILES string of the molecule is O=C1NCc2nc(-c3c(F)cccc3F)cc(Cc3ccc(C(=O)N4CCOCC4)cc3)c21. The first-order valence-electron chi connectivity index (χ1n) is 10.7. The van der Waals surface area contributed by atoms with Crippen molar-refractivity contribution >= 4 is 11.8 Å². The van der Waals surface area contributed by atoms with Gasteiger partial charge in [-0.2, -0.15) is 0 Å². The molecular weight excluding hydrogens is 428 g/mol. The molecule has 5 rings (SSSR count). The summed E-state index contributed by atoms with van der Waals surface area (Å²) >= 11 is 0. The maximum Gasteiger partial charge on any atom is 0.254 e. The maximum absolute atomic E-state index is 14.4. The van der Waals surface area contributed by atoms with Crippen molar-refractivity contribution in [3.8, 4) is 11.3 Å². The van der Waals surface area contributed by atoms with Gasteiger partial charge in [0.1, 0.15) is 11.6 Å². The molecule has 168 valence electrons. The number of hydrogen-bond donors (Lipinski definition) is 1. The van der Waals surface area contributed by atoms with Crippen LogP contribution in [0, 0.1) is 11.6 Å². The van der Waals surface area contributed by atoms with E-state index >= 15 is 0 Å². The average molecular weight is 449 g/mol. The topological polar surface area (TPSA) is 71.5 Å². The van der Waals surface area contributed by atoms with Crippen molar-refractivity contribution < 1.29 is 23.1 Å². The molecule has 1 saturated heterocycles. The Morgan fingerprint density at radius 3 is 2.42 bits per heavy atom. The Morgan fingerprint density at radius 1 is 1.03 bits per heavy atom. The zero-order valence-corrected chi connectivity index (χ0v) is 17.7. The summed E-state index contributed by atoms with van der Waals surface area (Å²) in [7, 11) is 0. The van der Waals surface area contributed by atoms with Crippen LogP contribution in [-0.2, 0) is 17.7 Å². The highest BCUT2D eigenvalue weighted by Gasteiger charge is 2.27. The zero-order valence-electron chi connectivity index (χ0n) is 17.7. The highest BCUT2D eigenvalue weighted by Crippen LogP contribution is 2.30. The number of rotatable bonds is 4. The van der Waals surface area contributed by atoms with Crippen molar-refractivity contribution in [1.82, 2.24) is 15.2 Å². The quantitative estimate of drug-likeness (QED) is 0.663. The monoisotopic (exact) mass is 449 g/mol. The van der Waals surface area contributed by atoms with Gasteiger partial charge in [0.25, 0.3) is 11.8 Å². The molecule has 2 aliphatic rings. The number of fused-ring (bicyclic) bond motifs is 1. The molecule has 33 heavy (non-hydrogen) atoms. The van der Waals surface area contributed by atoms with Gasteiger partial charge in [-0.05, 0) is 47.9 Å². The van der Waals surface area contributed by atoms with Gasteiger partial charge >= 0.3 is 0 Å². The van der Waals surface area contributed by atoms with Crippen LogP contribution >= 0.6 is 0 Å². The van der Waals surface area contributed by atoms with Gasteiger partial charge in [-0.3, -0.25) is 9.59 Å². The van der Waals surface area contributed by atoms with Crippen LogP contribution in [0.4, 0.5) is 8.78 Å². The first kappa shape index (κ1) is 21.2. The highest BCUT2D eigenvalue weighted by molar-refractivity contribution is 5.99. The van der Waals surface area contributed by atoms with Crippen LogP contribution in [0.25, 0.3) is 11.3 Å². The minimum Gasteiger partial charge on any atom is -0.378 e. The molecule has 1 aromatic heterocycles. The number of amides is 2. The molecule has 0 aliphatic carbocycles. The molecule has 1 N–H and O–H groups in total. The predicted octanol–water partition coefficient (Wildman–Crippen LogP) is 3.33. The van der Waals surface area contributed by atoms with Crippen LogP contribution in [0.2, 0.25) is 0 Å². The summed E-state index contributed by atoms with van der Waals surface area (Å²) in [5, 5.41) is 2.73. The fourth-order valence-electron chi connectivity index (χ4n) is 4.26.